The first kappa shape index (κ1) is 23.5. The van der Waals surface area contributed by atoms with Gasteiger partial charge >= 0.3 is 6.09 Å². The van der Waals surface area contributed by atoms with E-state index >= 15 is 0 Å². The van der Waals surface area contributed by atoms with E-state index in [9.17, 15) is 4.79 Å². The summed E-state index contributed by atoms with van der Waals surface area (Å²) < 4.78 is 11.2. The van der Waals surface area contributed by atoms with Crippen molar-refractivity contribution in [2.24, 2.45) is 0 Å². The summed E-state index contributed by atoms with van der Waals surface area (Å²) in [5, 5.41) is 0. The quantitative estimate of drug-likeness (QED) is 0.702. The van der Waals surface area contributed by atoms with Crippen molar-refractivity contribution in [1.82, 2.24) is 14.9 Å². The summed E-state index contributed by atoms with van der Waals surface area (Å²) in [6.45, 7) is 14.3. The molecule has 0 spiro atoms. The Bertz CT molecular complexity index is 979. The predicted molar refractivity (Wildman–Crippen MR) is 129 cm³/mol. The lowest BCUT2D eigenvalue weighted by Gasteiger charge is -2.32. The zero-order valence-electron chi connectivity index (χ0n) is 20.6. The number of hydrogen-bond donors (Lipinski definition) is 0. The summed E-state index contributed by atoms with van der Waals surface area (Å²) in [7, 11) is 0. The molecule has 1 amide bonds. The van der Waals surface area contributed by atoms with E-state index in [0.717, 1.165) is 36.0 Å². The number of carbonyl (C=O) groups excluding carboxylic acids is 1. The number of rotatable bonds is 3. The first-order valence-corrected chi connectivity index (χ1v) is 11.9. The van der Waals surface area contributed by atoms with Gasteiger partial charge in [-0.15, -0.1) is 0 Å². The van der Waals surface area contributed by atoms with Crippen molar-refractivity contribution < 1.29 is 14.3 Å². The predicted octanol–water partition coefficient (Wildman–Crippen LogP) is 3.97. The van der Waals surface area contributed by atoms with Crippen LogP contribution in [0.5, 0.6) is 0 Å². The zero-order valence-corrected chi connectivity index (χ0v) is 20.6. The third-order valence-corrected chi connectivity index (χ3v) is 6.34. The van der Waals surface area contributed by atoms with E-state index in [0.29, 0.717) is 39.1 Å². The molecule has 0 radical (unpaired) electrons. The summed E-state index contributed by atoms with van der Waals surface area (Å²) in [5.41, 5.74) is 2.52. The molecule has 0 unspecified atom stereocenters. The molecule has 0 aliphatic carbocycles. The van der Waals surface area contributed by atoms with Crippen molar-refractivity contribution >= 4 is 11.9 Å². The molecular formula is C26H36N4O3. The molecule has 2 aliphatic heterocycles. The number of anilines is 1. The van der Waals surface area contributed by atoms with Crippen LogP contribution in [-0.4, -0.2) is 66.0 Å². The Morgan fingerprint density at radius 3 is 2.27 bits per heavy atom. The smallest absolute Gasteiger partial charge is 0.410 e. The van der Waals surface area contributed by atoms with Gasteiger partial charge in [0.25, 0.3) is 0 Å². The molecule has 0 atom stereocenters. The molecule has 1 aromatic heterocycles. The minimum atomic E-state index is -0.512. The van der Waals surface area contributed by atoms with Crippen LogP contribution in [0, 0.1) is 0 Å². The number of carbonyl (C=O) groups is 1. The minimum Gasteiger partial charge on any atom is -0.444 e. The van der Waals surface area contributed by atoms with E-state index in [1.165, 1.54) is 5.56 Å². The topological polar surface area (TPSA) is 67.8 Å². The van der Waals surface area contributed by atoms with Crippen LogP contribution < -0.4 is 4.90 Å². The molecule has 1 fully saturated rings. The maximum Gasteiger partial charge on any atom is 0.410 e. The van der Waals surface area contributed by atoms with Crippen molar-refractivity contribution in [1.29, 1.82) is 0 Å². The molecule has 0 N–H and O–H groups in total. The second kappa shape index (κ2) is 9.29. The third kappa shape index (κ3) is 5.29. The monoisotopic (exact) mass is 452 g/mol. The van der Waals surface area contributed by atoms with E-state index in [4.69, 9.17) is 19.4 Å². The Kier molecular flexibility index (Phi) is 6.61. The van der Waals surface area contributed by atoms with Gasteiger partial charge < -0.3 is 19.3 Å². The number of fused-ring (bicyclic) bond motifs is 1. The zero-order chi connectivity index (χ0) is 23.6. The number of aromatic nitrogens is 2. The Balaban J connectivity index is 1.70. The number of morpholine rings is 1. The van der Waals surface area contributed by atoms with Crippen molar-refractivity contribution in [3.8, 4) is 0 Å². The van der Waals surface area contributed by atoms with E-state index in [-0.39, 0.29) is 11.5 Å². The van der Waals surface area contributed by atoms with Gasteiger partial charge in [-0.25, -0.2) is 14.8 Å². The highest BCUT2D eigenvalue weighted by Gasteiger charge is 2.32. The molecule has 3 heterocycles. The Morgan fingerprint density at radius 1 is 0.939 bits per heavy atom. The summed E-state index contributed by atoms with van der Waals surface area (Å²) >= 11 is 0. The van der Waals surface area contributed by atoms with E-state index in [1.54, 1.807) is 4.90 Å². The molecule has 0 saturated carbocycles. The molecule has 7 heteroatoms. The lowest BCUT2D eigenvalue weighted by atomic mass is 9.83. The summed E-state index contributed by atoms with van der Waals surface area (Å²) in [5.74, 6) is 1.81. The fourth-order valence-electron chi connectivity index (χ4n) is 4.39. The lowest BCUT2D eigenvalue weighted by Crippen LogP contribution is -2.39. The molecule has 1 saturated heterocycles. The number of hydrogen-bond acceptors (Lipinski definition) is 6. The lowest BCUT2D eigenvalue weighted by molar-refractivity contribution is 0.0258. The summed E-state index contributed by atoms with van der Waals surface area (Å²) in [4.78, 5) is 27.1. The Hall–Kier alpha value is -2.67. The second-order valence-corrected chi connectivity index (χ2v) is 10.4. The largest absolute Gasteiger partial charge is 0.444 e. The van der Waals surface area contributed by atoms with Crippen LogP contribution in [-0.2, 0) is 27.7 Å². The fraction of sp³-hybridized carbons (Fsp3) is 0.577. The van der Waals surface area contributed by atoms with Crippen LogP contribution in [0.4, 0.5) is 10.6 Å². The van der Waals surface area contributed by atoms with Gasteiger partial charge in [0.2, 0.25) is 0 Å². The van der Waals surface area contributed by atoms with Crippen molar-refractivity contribution in [3.63, 3.8) is 0 Å². The SMILES string of the molecule is CC(C)(C)OC(=O)N1CCc2nc(C(C)(C)c3ccccc3)nc(N3CCOCC3)c2CC1. The molecule has 2 aliphatic rings. The average Bonchev–Trinajstić information content (AvgIpc) is 3.01. The Labute approximate surface area is 197 Å². The first-order valence-electron chi connectivity index (χ1n) is 11.9. The van der Waals surface area contributed by atoms with Crippen LogP contribution in [0.15, 0.2) is 30.3 Å². The van der Waals surface area contributed by atoms with Crippen LogP contribution in [0.25, 0.3) is 0 Å². The molecule has 4 rings (SSSR count). The third-order valence-electron chi connectivity index (χ3n) is 6.34. The summed E-state index contributed by atoms with van der Waals surface area (Å²) in [6.07, 6.45) is 1.14. The average molecular weight is 453 g/mol. The molecule has 7 nitrogen and oxygen atoms in total. The molecule has 1 aromatic carbocycles. The highest BCUT2D eigenvalue weighted by molar-refractivity contribution is 5.68. The van der Waals surface area contributed by atoms with Gasteiger partial charge in [0.15, 0.2) is 0 Å². The van der Waals surface area contributed by atoms with E-state index < -0.39 is 5.60 Å². The maximum atomic E-state index is 12.8. The van der Waals surface area contributed by atoms with E-state index in [2.05, 4.69) is 43.0 Å². The van der Waals surface area contributed by atoms with Gasteiger partial charge in [0, 0.05) is 43.6 Å². The van der Waals surface area contributed by atoms with Crippen LogP contribution in [0.2, 0.25) is 0 Å². The molecule has 33 heavy (non-hydrogen) atoms. The molecule has 178 valence electrons. The van der Waals surface area contributed by atoms with Crippen molar-refractivity contribution in [2.75, 3.05) is 44.3 Å². The van der Waals surface area contributed by atoms with Crippen molar-refractivity contribution in [2.45, 2.75) is 58.5 Å². The van der Waals surface area contributed by atoms with Gasteiger partial charge in [-0.3, -0.25) is 0 Å². The number of amides is 1. The molecular weight excluding hydrogens is 416 g/mol. The highest BCUT2D eigenvalue weighted by Crippen LogP contribution is 2.33. The normalized spacial score (nSPS) is 17.4. The number of benzene rings is 1. The van der Waals surface area contributed by atoms with Crippen molar-refractivity contribution in [3.05, 3.63) is 53.0 Å². The minimum absolute atomic E-state index is 0.263. The van der Waals surface area contributed by atoms with Crippen LogP contribution in [0.1, 0.15) is 57.3 Å². The number of nitrogens with zero attached hydrogens (tertiary/aromatic N) is 4. The standard InChI is InChI=1S/C26H36N4O3/c1-25(2,3)33-24(31)30-13-11-20-21(12-14-30)27-23(26(4,5)19-9-7-6-8-10-19)28-22(20)29-15-17-32-18-16-29/h6-10H,11-18H2,1-5H3. The highest BCUT2D eigenvalue weighted by atomic mass is 16.6. The first-order chi connectivity index (χ1) is 15.6. The van der Waals surface area contributed by atoms with Gasteiger partial charge in [0.05, 0.1) is 18.9 Å². The molecule has 2 aromatic rings. The number of ether oxygens (including phenoxy) is 2. The Morgan fingerprint density at radius 2 is 1.61 bits per heavy atom. The molecule has 0 bridgehead atoms. The van der Waals surface area contributed by atoms with Crippen LogP contribution >= 0.6 is 0 Å². The van der Waals surface area contributed by atoms with Gasteiger partial charge in [-0.1, -0.05) is 30.3 Å². The maximum absolute atomic E-state index is 12.8. The van der Waals surface area contributed by atoms with Crippen LogP contribution in [0.3, 0.4) is 0 Å². The van der Waals surface area contributed by atoms with Gasteiger partial charge in [0.1, 0.15) is 17.2 Å². The van der Waals surface area contributed by atoms with Gasteiger partial charge in [-0.2, -0.15) is 0 Å². The van der Waals surface area contributed by atoms with Gasteiger partial charge in [-0.05, 0) is 46.6 Å². The fourth-order valence-corrected chi connectivity index (χ4v) is 4.39. The second-order valence-electron chi connectivity index (χ2n) is 10.4. The van der Waals surface area contributed by atoms with E-state index in [1.807, 2.05) is 26.8 Å². The summed E-state index contributed by atoms with van der Waals surface area (Å²) in [6, 6.07) is 10.4.